The van der Waals surface area contributed by atoms with Crippen molar-refractivity contribution in [1.82, 2.24) is 0 Å². The third-order valence-corrected chi connectivity index (χ3v) is 1.58. The van der Waals surface area contributed by atoms with Gasteiger partial charge in [-0.15, -0.1) is 0 Å². The summed E-state index contributed by atoms with van der Waals surface area (Å²) in [6.07, 6.45) is -0.0972. The van der Waals surface area contributed by atoms with Crippen molar-refractivity contribution in [2.24, 2.45) is 0 Å². The van der Waals surface area contributed by atoms with Crippen LogP contribution in [0.3, 0.4) is 0 Å². The Kier molecular flexibility index (Phi) is 3.28. The SMILES string of the molecule is CCC(=O)Oc1cc(F)c(F)c(F)c1F. The summed E-state index contributed by atoms with van der Waals surface area (Å²) in [5.41, 5.74) is 0. The molecular formula is C9H6F4O2. The molecule has 0 radical (unpaired) electrons. The summed E-state index contributed by atoms with van der Waals surface area (Å²) in [6, 6.07) is 0.279. The third kappa shape index (κ3) is 2.26. The van der Waals surface area contributed by atoms with Crippen molar-refractivity contribution < 1.29 is 27.1 Å². The summed E-state index contributed by atoms with van der Waals surface area (Å²) in [5, 5.41) is 0. The number of carbonyl (C=O) groups is 1. The minimum absolute atomic E-state index is 0.0972. The molecule has 2 nitrogen and oxygen atoms in total. The monoisotopic (exact) mass is 222 g/mol. The van der Waals surface area contributed by atoms with Gasteiger partial charge in [-0.2, -0.15) is 4.39 Å². The molecule has 15 heavy (non-hydrogen) atoms. The number of rotatable bonds is 2. The summed E-state index contributed by atoms with van der Waals surface area (Å²) in [4.78, 5) is 10.7. The van der Waals surface area contributed by atoms with E-state index < -0.39 is 35.0 Å². The second-order valence-corrected chi connectivity index (χ2v) is 2.63. The number of ether oxygens (including phenoxy) is 1. The van der Waals surface area contributed by atoms with Gasteiger partial charge in [0.05, 0.1) is 0 Å². The Balaban J connectivity index is 3.15. The van der Waals surface area contributed by atoms with Gasteiger partial charge in [0.1, 0.15) is 0 Å². The highest BCUT2D eigenvalue weighted by Gasteiger charge is 2.21. The average Bonchev–Trinajstić information content (AvgIpc) is 2.22. The standard InChI is InChI=1S/C9H6F4O2/c1-2-6(14)15-5-3-4(10)7(11)9(13)8(5)12/h3H,2H2,1H3. The largest absolute Gasteiger partial charge is 0.423 e. The lowest BCUT2D eigenvalue weighted by Gasteiger charge is -2.05. The predicted molar refractivity (Wildman–Crippen MR) is 42.2 cm³/mol. The van der Waals surface area contributed by atoms with Gasteiger partial charge in [-0.05, 0) is 0 Å². The topological polar surface area (TPSA) is 26.3 Å². The summed E-state index contributed by atoms with van der Waals surface area (Å²) in [6.45, 7) is 1.41. The van der Waals surface area contributed by atoms with Gasteiger partial charge in [-0.3, -0.25) is 4.79 Å². The molecule has 0 saturated carbocycles. The van der Waals surface area contributed by atoms with E-state index in [2.05, 4.69) is 4.74 Å². The fraction of sp³-hybridized carbons (Fsp3) is 0.222. The van der Waals surface area contributed by atoms with E-state index in [1.54, 1.807) is 0 Å². The number of benzene rings is 1. The van der Waals surface area contributed by atoms with Gasteiger partial charge in [-0.1, -0.05) is 6.92 Å². The number of carbonyl (C=O) groups excluding carboxylic acids is 1. The van der Waals surface area contributed by atoms with E-state index in [-0.39, 0.29) is 12.5 Å². The third-order valence-electron chi connectivity index (χ3n) is 1.58. The summed E-state index contributed by atoms with van der Waals surface area (Å²) in [7, 11) is 0. The smallest absolute Gasteiger partial charge is 0.311 e. The maximum atomic E-state index is 12.9. The van der Waals surface area contributed by atoms with Crippen LogP contribution in [0.4, 0.5) is 17.6 Å². The molecule has 0 unspecified atom stereocenters. The minimum Gasteiger partial charge on any atom is -0.423 e. The molecule has 0 fully saturated rings. The van der Waals surface area contributed by atoms with Gasteiger partial charge in [0.2, 0.25) is 11.6 Å². The first-order chi connectivity index (χ1) is 6.97. The molecule has 0 N–H and O–H groups in total. The Morgan fingerprint density at radius 2 is 1.80 bits per heavy atom. The van der Waals surface area contributed by atoms with Crippen molar-refractivity contribution >= 4 is 5.97 Å². The molecule has 0 aliphatic heterocycles. The molecular weight excluding hydrogens is 216 g/mol. The van der Waals surface area contributed by atoms with Gasteiger partial charge in [0.25, 0.3) is 0 Å². The Hall–Kier alpha value is -1.59. The molecule has 0 heterocycles. The molecule has 0 amide bonds. The fourth-order valence-corrected chi connectivity index (χ4v) is 0.820. The number of hydrogen-bond acceptors (Lipinski definition) is 2. The first-order valence-electron chi connectivity index (χ1n) is 4.01. The molecule has 1 aromatic carbocycles. The van der Waals surface area contributed by atoms with Crippen molar-refractivity contribution in [3.63, 3.8) is 0 Å². The predicted octanol–water partition coefficient (Wildman–Crippen LogP) is 2.56. The molecule has 0 aliphatic rings. The van der Waals surface area contributed by atoms with Crippen molar-refractivity contribution in [2.45, 2.75) is 13.3 Å². The number of esters is 1. The zero-order valence-corrected chi connectivity index (χ0v) is 7.61. The second kappa shape index (κ2) is 4.29. The second-order valence-electron chi connectivity index (χ2n) is 2.63. The Morgan fingerprint density at radius 3 is 2.33 bits per heavy atom. The Bertz CT molecular complexity index is 404. The Morgan fingerprint density at radius 1 is 1.20 bits per heavy atom. The molecule has 0 bridgehead atoms. The Labute approximate surface area is 82.5 Å². The highest BCUT2D eigenvalue weighted by atomic mass is 19.2. The summed E-state index contributed by atoms with van der Waals surface area (Å²) < 4.78 is 54.8. The summed E-state index contributed by atoms with van der Waals surface area (Å²) in [5.74, 6) is -9.13. The molecule has 82 valence electrons. The normalized spacial score (nSPS) is 10.2. The van der Waals surface area contributed by atoms with Crippen LogP contribution >= 0.6 is 0 Å². The van der Waals surface area contributed by atoms with Crippen molar-refractivity contribution in [3.05, 3.63) is 29.3 Å². The van der Waals surface area contributed by atoms with Crippen molar-refractivity contribution in [2.75, 3.05) is 0 Å². The zero-order valence-electron chi connectivity index (χ0n) is 7.61. The van der Waals surface area contributed by atoms with Gasteiger partial charge in [0, 0.05) is 12.5 Å². The van der Waals surface area contributed by atoms with E-state index in [0.717, 1.165) is 0 Å². The first kappa shape index (κ1) is 11.5. The molecule has 0 spiro atoms. The van der Waals surface area contributed by atoms with Crippen LogP contribution < -0.4 is 4.74 Å². The lowest BCUT2D eigenvalue weighted by molar-refractivity contribution is -0.134. The maximum Gasteiger partial charge on any atom is 0.311 e. The van der Waals surface area contributed by atoms with Crippen LogP contribution in [0.25, 0.3) is 0 Å². The van der Waals surface area contributed by atoms with E-state index in [0.29, 0.717) is 0 Å². The average molecular weight is 222 g/mol. The number of halogens is 4. The van der Waals surface area contributed by atoms with E-state index in [4.69, 9.17) is 0 Å². The molecule has 0 atom stereocenters. The number of hydrogen-bond donors (Lipinski definition) is 0. The van der Waals surface area contributed by atoms with Crippen LogP contribution in [-0.2, 0) is 4.79 Å². The first-order valence-corrected chi connectivity index (χ1v) is 4.01. The van der Waals surface area contributed by atoms with Crippen LogP contribution in [0.2, 0.25) is 0 Å². The van der Waals surface area contributed by atoms with Gasteiger partial charge in [0.15, 0.2) is 17.4 Å². The van der Waals surface area contributed by atoms with E-state index in [9.17, 15) is 22.4 Å². The van der Waals surface area contributed by atoms with Gasteiger partial charge >= 0.3 is 5.97 Å². The van der Waals surface area contributed by atoms with Crippen LogP contribution in [0.5, 0.6) is 5.75 Å². The fourth-order valence-electron chi connectivity index (χ4n) is 0.820. The van der Waals surface area contributed by atoms with E-state index in [1.165, 1.54) is 6.92 Å². The maximum absolute atomic E-state index is 12.9. The van der Waals surface area contributed by atoms with Crippen molar-refractivity contribution in [1.29, 1.82) is 0 Å². The molecule has 6 heteroatoms. The van der Waals surface area contributed by atoms with Crippen LogP contribution in [-0.4, -0.2) is 5.97 Å². The van der Waals surface area contributed by atoms with Crippen LogP contribution in [0.1, 0.15) is 13.3 Å². The molecule has 0 saturated heterocycles. The highest BCUT2D eigenvalue weighted by molar-refractivity contribution is 5.71. The van der Waals surface area contributed by atoms with Gasteiger partial charge < -0.3 is 4.74 Å². The highest BCUT2D eigenvalue weighted by Crippen LogP contribution is 2.24. The van der Waals surface area contributed by atoms with Crippen LogP contribution in [0, 0.1) is 23.3 Å². The van der Waals surface area contributed by atoms with Crippen molar-refractivity contribution in [3.8, 4) is 5.75 Å². The lowest BCUT2D eigenvalue weighted by Crippen LogP contribution is -2.09. The van der Waals surface area contributed by atoms with Crippen LogP contribution in [0.15, 0.2) is 6.07 Å². The molecule has 1 aromatic rings. The van der Waals surface area contributed by atoms with Gasteiger partial charge in [-0.25, -0.2) is 13.2 Å². The quantitative estimate of drug-likeness (QED) is 0.253. The zero-order chi connectivity index (χ0) is 11.6. The summed E-state index contributed by atoms with van der Waals surface area (Å²) >= 11 is 0. The van der Waals surface area contributed by atoms with E-state index in [1.807, 2.05) is 0 Å². The lowest BCUT2D eigenvalue weighted by atomic mass is 10.3. The minimum atomic E-state index is -2.01. The molecule has 1 rings (SSSR count). The molecule has 0 aliphatic carbocycles. The molecule has 0 aromatic heterocycles. The van der Waals surface area contributed by atoms with E-state index >= 15 is 0 Å².